The second kappa shape index (κ2) is 9.04. The van der Waals surface area contributed by atoms with Gasteiger partial charge >= 0.3 is 0 Å². The Balaban J connectivity index is 1.38. The summed E-state index contributed by atoms with van der Waals surface area (Å²) in [6.07, 6.45) is 0. The summed E-state index contributed by atoms with van der Waals surface area (Å²) >= 11 is 10.5. The van der Waals surface area contributed by atoms with Crippen LogP contribution >= 0.6 is 46.0 Å². The van der Waals surface area contributed by atoms with Gasteiger partial charge in [-0.05, 0) is 54.8 Å². The zero-order valence-electron chi connectivity index (χ0n) is 15.3. The second-order valence-electron chi connectivity index (χ2n) is 6.01. The van der Waals surface area contributed by atoms with E-state index < -0.39 is 0 Å². The second-order valence-corrected chi connectivity index (χ2v) is 9.39. The lowest BCUT2D eigenvalue weighted by Gasteiger charge is -2.05. The molecule has 146 valence electrons. The number of nitrogens with zero attached hydrogens (tertiary/aromatic N) is 3. The van der Waals surface area contributed by atoms with Crippen LogP contribution in [0.4, 0.5) is 5.69 Å². The predicted octanol–water partition coefficient (Wildman–Crippen LogP) is 6.02. The number of carbonyl (C=O) groups excluding carboxylic acids is 1. The van der Waals surface area contributed by atoms with Crippen molar-refractivity contribution in [1.82, 2.24) is 15.2 Å². The maximum Gasteiger partial charge on any atom is 0.234 e. The molecule has 0 aliphatic heterocycles. The number of thiophene rings is 1. The topological polar surface area (TPSA) is 67.8 Å². The van der Waals surface area contributed by atoms with Gasteiger partial charge in [0.25, 0.3) is 0 Å². The number of hydrogen-bond acceptors (Lipinski definition) is 7. The standard InChI is InChI=1S/C20H15ClN4OS3/c1-12-19(29-20(22-12)16-3-2-10-27-16)15-8-9-18(25-24-15)28-11-17(26)23-14-6-4-13(21)5-7-14/h2-10H,11H2,1H3,(H,23,26). The van der Waals surface area contributed by atoms with Crippen LogP contribution in [-0.2, 0) is 4.79 Å². The molecule has 4 aromatic rings. The quantitative estimate of drug-likeness (QED) is 0.358. The maximum atomic E-state index is 12.1. The van der Waals surface area contributed by atoms with Crippen molar-refractivity contribution in [3.8, 4) is 20.5 Å². The summed E-state index contributed by atoms with van der Waals surface area (Å²) in [6, 6.07) is 14.9. The van der Waals surface area contributed by atoms with Crippen molar-refractivity contribution in [2.24, 2.45) is 0 Å². The molecule has 0 bridgehead atoms. The van der Waals surface area contributed by atoms with Gasteiger partial charge in [0.2, 0.25) is 5.91 Å². The lowest BCUT2D eigenvalue weighted by molar-refractivity contribution is -0.113. The van der Waals surface area contributed by atoms with Gasteiger partial charge in [-0.15, -0.1) is 32.9 Å². The van der Waals surface area contributed by atoms with E-state index in [1.807, 2.05) is 30.5 Å². The van der Waals surface area contributed by atoms with E-state index in [0.717, 1.165) is 26.1 Å². The molecule has 0 atom stereocenters. The highest BCUT2D eigenvalue weighted by atomic mass is 35.5. The molecular weight excluding hydrogens is 444 g/mol. The Morgan fingerprint density at radius 1 is 1.14 bits per heavy atom. The smallest absolute Gasteiger partial charge is 0.234 e. The van der Waals surface area contributed by atoms with Crippen molar-refractivity contribution in [3.63, 3.8) is 0 Å². The molecule has 29 heavy (non-hydrogen) atoms. The number of thiazole rings is 1. The highest BCUT2D eigenvalue weighted by molar-refractivity contribution is 7.99. The summed E-state index contributed by atoms with van der Waals surface area (Å²) in [6.45, 7) is 1.98. The van der Waals surface area contributed by atoms with E-state index in [-0.39, 0.29) is 11.7 Å². The summed E-state index contributed by atoms with van der Waals surface area (Å²) < 4.78 is 0. The molecule has 9 heteroatoms. The summed E-state index contributed by atoms with van der Waals surface area (Å²) in [5, 5.41) is 15.8. The Kier molecular flexibility index (Phi) is 6.25. The van der Waals surface area contributed by atoms with Gasteiger partial charge in [-0.2, -0.15) is 0 Å². The molecule has 0 aliphatic carbocycles. The number of aryl methyl sites for hydroxylation is 1. The van der Waals surface area contributed by atoms with Crippen molar-refractivity contribution in [1.29, 1.82) is 0 Å². The number of amides is 1. The van der Waals surface area contributed by atoms with Gasteiger partial charge in [-0.1, -0.05) is 29.4 Å². The minimum atomic E-state index is -0.109. The average Bonchev–Trinajstić information content (AvgIpc) is 3.38. The first-order valence-corrected chi connectivity index (χ1v) is 11.7. The number of hydrogen-bond donors (Lipinski definition) is 1. The SMILES string of the molecule is Cc1nc(-c2cccs2)sc1-c1ccc(SCC(=O)Nc2ccc(Cl)cc2)nn1. The molecule has 0 spiro atoms. The van der Waals surface area contributed by atoms with Gasteiger partial charge in [0.15, 0.2) is 0 Å². The van der Waals surface area contributed by atoms with Gasteiger partial charge in [0.1, 0.15) is 15.7 Å². The van der Waals surface area contributed by atoms with Gasteiger partial charge in [0, 0.05) is 10.7 Å². The summed E-state index contributed by atoms with van der Waals surface area (Å²) in [4.78, 5) is 18.9. The molecule has 5 nitrogen and oxygen atoms in total. The third-order valence-electron chi connectivity index (χ3n) is 3.88. The monoisotopic (exact) mass is 458 g/mol. The third kappa shape index (κ3) is 5.02. The van der Waals surface area contributed by atoms with E-state index in [1.165, 1.54) is 11.8 Å². The molecule has 0 fully saturated rings. The molecule has 3 heterocycles. The van der Waals surface area contributed by atoms with E-state index in [4.69, 9.17) is 11.6 Å². The van der Waals surface area contributed by atoms with Crippen LogP contribution in [0.1, 0.15) is 5.69 Å². The molecule has 1 amide bonds. The highest BCUT2D eigenvalue weighted by Crippen LogP contribution is 2.36. The van der Waals surface area contributed by atoms with E-state index in [9.17, 15) is 4.79 Å². The zero-order chi connectivity index (χ0) is 20.2. The Bertz CT molecular complexity index is 1110. The minimum Gasteiger partial charge on any atom is -0.325 e. The largest absolute Gasteiger partial charge is 0.325 e. The number of aromatic nitrogens is 3. The van der Waals surface area contributed by atoms with E-state index >= 15 is 0 Å². The fourth-order valence-corrected chi connectivity index (χ4v) is 5.10. The van der Waals surface area contributed by atoms with Crippen LogP contribution in [0.15, 0.2) is 58.9 Å². The Hall–Kier alpha value is -2.26. The Morgan fingerprint density at radius 2 is 1.97 bits per heavy atom. The summed E-state index contributed by atoms with van der Waals surface area (Å²) in [5.41, 5.74) is 2.44. The van der Waals surface area contributed by atoms with Gasteiger partial charge < -0.3 is 5.32 Å². The number of halogens is 1. The van der Waals surface area contributed by atoms with E-state index in [2.05, 4.69) is 26.6 Å². The fourth-order valence-electron chi connectivity index (χ4n) is 2.53. The Morgan fingerprint density at radius 3 is 2.66 bits per heavy atom. The number of thioether (sulfide) groups is 1. The number of anilines is 1. The van der Waals surface area contributed by atoms with Crippen LogP contribution in [-0.4, -0.2) is 26.8 Å². The van der Waals surface area contributed by atoms with Crippen molar-refractivity contribution in [2.45, 2.75) is 11.9 Å². The number of benzene rings is 1. The van der Waals surface area contributed by atoms with Crippen molar-refractivity contribution in [2.75, 3.05) is 11.1 Å². The normalized spacial score (nSPS) is 10.8. The van der Waals surface area contributed by atoms with Gasteiger partial charge in [-0.3, -0.25) is 4.79 Å². The first-order chi connectivity index (χ1) is 14.1. The van der Waals surface area contributed by atoms with Crippen LogP contribution < -0.4 is 5.32 Å². The summed E-state index contributed by atoms with van der Waals surface area (Å²) in [7, 11) is 0. The van der Waals surface area contributed by atoms with Gasteiger partial charge in [0.05, 0.1) is 21.2 Å². The maximum absolute atomic E-state index is 12.1. The molecule has 4 rings (SSSR count). The van der Waals surface area contributed by atoms with Crippen LogP contribution in [0, 0.1) is 6.92 Å². The molecule has 3 aromatic heterocycles. The predicted molar refractivity (Wildman–Crippen MR) is 122 cm³/mol. The van der Waals surface area contributed by atoms with Gasteiger partial charge in [-0.25, -0.2) is 4.98 Å². The first kappa shape index (κ1) is 20.0. The molecule has 0 saturated heterocycles. The molecule has 0 unspecified atom stereocenters. The van der Waals surface area contributed by atoms with Crippen molar-refractivity contribution in [3.05, 3.63) is 64.6 Å². The number of nitrogens with one attached hydrogen (secondary N) is 1. The van der Waals surface area contributed by atoms with E-state index in [0.29, 0.717) is 15.7 Å². The molecule has 0 aliphatic rings. The Labute approximate surface area is 185 Å². The van der Waals surface area contributed by atoms with Crippen molar-refractivity contribution < 1.29 is 4.79 Å². The third-order valence-corrected chi connectivity index (χ3v) is 7.27. The molecule has 0 saturated carbocycles. The highest BCUT2D eigenvalue weighted by Gasteiger charge is 2.14. The molecule has 1 N–H and O–H groups in total. The number of carbonyl (C=O) groups is 1. The lowest BCUT2D eigenvalue weighted by Crippen LogP contribution is -2.14. The fraction of sp³-hybridized carbons (Fsp3) is 0.100. The average molecular weight is 459 g/mol. The minimum absolute atomic E-state index is 0.109. The molecule has 0 radical (unpaired) electrons. The molecular formula is C20H15ClN4OS3. The lowest BCUT2D eigenvalue weighted by atomic mass is 10.3. The van der Waals surface area contributed by atoms with Crippen LogP contribution in [0.3, 0.4) is 0 Å². The molecule has 1 aromatic carbocycles. The number of rotatable bonds is 6. The van der Waals surface area contributed by atoms with E-state index in [1.54, 1.807) is 46.9 Å². The zero-order valence-corrected chi connectivity index (χ0v) is 18.5. The van der Waals surface area contributed by atoms with Crippen LogP contribution in [0.25, 0.3) is 20.5 Å². The summed E-state index contributed by atoms with van der Waals surface area (Å²) in [5.74, 6) is 0.140. The van der Waals surface area contributed by atoms with Crippen LogP contribution in [0.2, 0.25) is 5.02 Å². The van der Waals surface area contributed by atoms with Crippen molar-refractivity contribution >= 4 is 57.6 Å². The first-order valence-electron chi connectivity index (χ1n) is 8.62. The van der Waals surface area contributed by atoms with Crippen LogP contribution in [0.5, 0.6) is 0 Å².